The number of nitrogens with two attached hydrogens (primary N) is 1. The lowest BCUT2D eigenvalue weighted by molar-refractivity contribution is 0.211. The van der Waals surface area contributed by atoms with Gasteiger partial charge in [0.05, 0.1) is 0 Å². The highest BCUT2D eigenvalue weighted by atomic mass is 15.3. The summed E-state index contributed by atoms with van der Waals surface area (Å²) in [5.74, 6) is 0. The van der Waals surface area contributed by atoms with Crippen LogP contribution in [0.2, 0.25) is 0 Å². The predicted octanol–water partition coefficient (Wildman–Crippen LogP) is 2.16. The van der Waals surface area contributed by atoms with Crippen molar-refractivity contribution < 1.29 is 0 Å². The number of piperazine rings is 1. The number of rotatable bonds is 4. The Bertz CT molecular complexity index is 471. The molecule has 1 aromatic carbocycles. The van der Waals surface area contributed by atoms with Crippen molar-refractivity contribution >= 4 is 5.69 Å². The summed E-state index contributed by atoms with van der Waals surface area (Å²) in [5.41, 5.74) is 10.6. The summed E-state index contributed by atoms with van der Waals surface area (Å²) >= 11 is 0. The first kappa shape index (κ1) is 13.9. The van der Waals surface area contributed by atoms with Crippen molar-refractivity contribution in [2.24, 2.45) is 11.1 Å². The van der Waals surface area contributed by atoms with Gasteiger partial charge in [-0.1, -0.05) is 12.1 Å². The Morgan fingerprint density at radius 2 is 1.80 bits per heavy atom. The molecule has 0 spiro atoms. The number of benzene rings is 1. The first-order valence-electron chi connectivity index (χ1n) is 7.87. The normalized spacial score (nSPS) is 22.1. The van der Waals surface area contributed by atoms with Gasteiger partial charge in [0.1, 0.15) is 0 Å². The zero-order valence-corrected chi connectivity index (χ0v) is 12.9. The van der Waals surface area contributed by atoms with E-state index in [1.54, 1.807) is 0 Å². The van der Waals surface area contributed by atoms with E-state index in [0.717, 1.165) is 19.6 Å². The maximum atomic E-state index is 5.90. The second-order valence-corrected chi connectivity index (χ2v) is 6.69. The summed E-state index contributed by atoms with van der Waals surface area (Å²) in [4.78, 5) is 5.16. The van der Waals surface area contributed by atoms with Crippen LogP contribution < -0.4 is 10.6 Å². The third-order valence-corrected chi connectivity index (χ3v) is 5.24. The Morgan fingerprint density at radius 1 is 1.10 bits per heavy atom. The van der Waals surface area contributed by atoms with E-state index < -0.39 is 0 Å². The smallest absolute Gasteiger partial charge is 0.0399 e. The monoisotopic (exact) mass is 273 g/mol. The van der Waals surface area contributed by atoms with Crippen LogP contribution in [0.3, 0.4) is 0 Å². The third kappa shape index (κ3) is 2.70. The van der Waals surface area contributed by atoms with E-state index in [1.807, 2.05) is 0 Å². The molecule has 1 saturated carbocycles. The fourth-order valence-electron chi connectivity index (χ4n) is 3.30. The fraction of sp³-hybridized carbons (Fsp3) is 0.647. The Balaban J connectivity index is 1.59. The molecule has 20 heavy (non-hydrogen) atoms. The highest BCUT2D eigenvalue weighted by Crippen LogP contribution is 2.45. The summed E-state index contributed by atoms with van der Waals surface area (Å²) in [6, 6.07) is 6.64. The van der Waals surface area contributed by atoms with Crippen LogP contribution in [0, 0.1) is 19.3 Å². The van der Waals surface area contributed by atoms with Crippen LogP contribution in [0.1, 0.15) is 24.0 Å². The van der Waals surface area contributed by atoms with Crippen LogP contribution in [0.4, 0.5) is 5.69 Å². The van der Waals surface area contributed by atoms with Crippen molar-refractivity contribution in [2.45, 2.75) is 26.7 Å². The number of hydrogen-bond acceptors (Lipinski definition) is 3. The SMILES string of the molecule is Cc1cccc(N2CCN(CC3(CN)CC3)CC2)c1C. The van der Waals surface area contributed by atoms with Gasteiger partial charge in [-0.15, -0.1) is 0 Å². The topological polar surface area (TPSA) is 32.5 Å². The molecule has 0 aromatic heterocycles. The van der Waals surface area contributed by atoms with Gasteiger partial charge in [-0.3, -0.25) is 4.90 Å². The van der Waals surface area contributed by atoms with E-state index in [4.69, 9.17) is 5.73 Å². The lowest BCUT2D eigenvalue weighted by Crippen LogP contribution is -2.49. The Labute approximate surface area is 122 Å². The molecule has 0 unspecified atom stereocenters. The van der Waals surface area contributed by atoms with E-state index in [0.29, 0.717) is 5.41 Å². The summed E-state index contributed by atoms with van der Waals surface area (Å²) < 4.78 is 0. The quantitative estimate of drug-likeness (QED) is 0.912. The average molecular weight is 273 g/mol. The molecule has 0 bridgehead atoms. The van der Waals surface area contributed by atoms with Gasteiger partial charge < -0.3 is 10.6 Å². The second-order valence-electron chi connectivity index (χ2n) is 6.69. The lowest BCUT2D eigenvalue weighted by atomic mass is 10.1. The number of nitrogens with zero attached hydrogens (tertiary/aromatic N) is 2. The van der Waals surface area contributed by atoms with Gasteiger partial charge in [-0.2, -0.15) is 0 Å². The molecule has 0 atom stereocenters. The molecule has 1 aromatic rings. The summed E-state index contributed by atoms with van der Waals surface area (Å²) in [5, 5.41) is 0. The molecule has 1 aliphatic carbocycles. The average Bonchev–Trinajstić information content (AvgIpc) is 3.23. The van der Waals surface area contributed by atoms with Crippen LogP contribution in [-0.2, 0) is 0 Å². The third-order valence-electron chi connectivity index (χ3n) is 5.24. The molecule has 0 radical (unpaired) electrons. The van der Waals surface area contributed by atoms with Crippen molar-refractivity contribution in [3.63, 3.8) is 0 Å². The molecule has 2 fully saturated rings. The van der Waals surface area contributed by atoms with Crippen LogP contribution in [-0.4, -0.2) is 44.2 Å². The minimum Gasteiger partial charge on any atom is -0.369 e. The maximum absolute atomic E-state index is 5.90. The molecule has 2 aliphatic rings. The van der Waals surface area contributed by atoms with E-state index in [-0.39, 0.29) is 0 Å². The molecule has 3 heteroatoms. The van der Waals surface area contributed by atoms with E-state index in [2.05, 4.69) is 41.8 Å². The van der Waals surface area contributed by atoms with Crippen molar-refractivity contribution in [2.75, 3.05) is 44.2 Å². The largest absolute Gasteiger partial charge is 0.369 e. The molecule has 3 nitrogen and oxygen atoms in total. The number of hydrogen-bond donors (Lipinski definition) is 1. The molecule has 2 N–H and O–H groups in total. The maximum Gasteiger partial charge on any atom is 0.0399 e. The summed E-state index contributed by atoms with van der Waals surface area (Å²) in [7, 11) is 0. The van der Waals surface area contributed by atoms with Gasteiger partial charge in [-0.05, 0) is 55.8 Å². The van der Waals surface area contributed by atoms with Crippen LogP contribution >= 0.6 is 0 Å². The van der Waals surface area contributed by atoms with Crippen LogP contribution in [0.15, 0.2) is 18.2 Å². The molecule has 110 valence electrons. The number of anilines is 1. The van der Waals surface area contributed by atoms with Gasteiger partial charge in [0, 0.05) is 38.4 Å². The van der Waals surface area contributed by atoms with Crippen molar-refractivity contribution in [3.05, 3.63) is 29.3 Å². The molecular weight excluding hydrogens is 246 g/mol. The second kappa shape index (κ2) is 5.38. The first-order valence-corrected chi connectivity index (χ1v) is 7.87. The molecule has 1 heterocycles. The van der Waals surface area contributed by atoms with Gasteiger partial charge in [0.15, 0.2) is 0 Å². The van der Waals surface area contributed by atoms with Crippen LogP contribution in [0.25, 0.3) is 0 Å². The van der Waals surface area contributed by atoms with E-state index in [9.17, 15) is 0 Å². The highest BCUT2D eigenvalue weighted by Gasteiger charge is 2.42. The van der Waals surface area contributed by atoms with Gasteiger partial charge in [0.2, 0.25) is 0 Å². The summed E-state index contributed by atoms with van der Waals surface area (Å²) in [6.45, 7) is 11.2. The van der Waals surface area contributed by atoms with Crippen molar-refractivity contribution in [1.82, 2.24) is 4.90 Å². The van der Waals surface area contributed by atoms with Gasteiger partial charge in [-0.25, -0.2) is 0 Å². The predicted molar refractivity (Wildman–Crippen MR) is 85.3 cm³/mol. The zero-order valence-electron chi connectivity index (χ0n) is 12.9. The molecular formula is C17H27N3. The van der Waals surface area contributed by atoms with Gasteiger partial charge in [0.25, 0.3) is 0 Å². The zero-order chi connectivity index (χ0) is 14.2. The standard InChI is InChI=1S/C17H27N3/c1-14-4-3-5-16(15(14)2)20-10-8-19(9-11-20)13-17(12-18)6-7-17/h3-5H,6-13,18H2,1-2H3. The minimum atomic E-state index is 0.474. The first-order chi connectivity index (χ1) is 9.63. The number of aryl methyl sites for hydroxylation is 1. The molecule has 1 saturated heterocycles. The van der Waals surface area contributed by atoms with Gasteiger partial charge >= 0.3 is 0 Å². The van der Waals surface area contributed by atoms with E-state index in [1.165, 1.54) is 49.3 Å². The van der Waals surface area contributed by atoms with Crippen molar-refractivity contribution in [3.8, 4) is 0 Å². The summed E-state index contributed by atoms with van der Waals surface area (Å²) in [6.07, 6.45) is 2.67. The van der Waals surface area contributed by atoms with Crippen molar-refractivity contribution in [1.29, 1.82) is 0 Å². The Kier molecular flexibility index (Phi) is 3.74. The Morgan fingerprint density at radius 3 is 2.40 bits per heavy atom. The van der Waals surface area contributed by atoms with Crippen LogP contribution in [0.5, 0.6) is 0 Å². The van der Waals surface area contributed by atoms with E-state index >= 15 is 0 Å². The highest BCUT2D eigenvalue weighted by molar-refractivity contribution is 5.56. The molecule has 0 amide bonds. The minimum absolute atomic E-state index is 0.474. The fourth-order valence-corrected chi connectivity index (χ4v) is 3.30. The molecule has 1 aliphatic heterocycles. The Hall–Kier alpha value is -1.06. The lowest BCUT2D eigenvalue weighted by Gasteiger charge is -2.38. The molecule has 3 rings (SSSR count).